The molecule has 2 rings (SSSR count). The van der Waals surface area contributed by atoms with Gasteiger partial charge in [0.15, 0.2) is 0 Å². The van der Waals surface area contributed by atoms with E-state index in [4.69, 9.17) is 4.74 Å². The number of benzene rings is 1. The molecule has 0 aromatic heterocycles. The molecule has 2 amide bonds. The summed E-state index contributed by atoms with van der Waals surface area (Å²) in [4.78, 5) is 17.0. The molecule has 1 aromatic carbocycles. The number of hydrogen-bond donors (Lipinski definition) is 1. The maximum atomic E-state index is 12.6. The topological polar surface area (TPSA) is 44.8 Å². The third-order valence-electron chi connectivity index (χ3n) is 4.92. The number of methoxy groups -OCH3 is 1. The lowest BCUT2D eigenvalue weighted by molar-refractivity contribution is 0.131. The summed E-state index contributed by atoms with van der Waals surface area (Å²) in [7, 11) is 1.75. The fraction of sp³-hybridized carbons (Fsp3) is 0.650. The Bertz CT molecular complexity index is 510. The van der Waals surface area contributed by atoms with Crippen molar-refractivity contribution in [2.24, 2.45) is 0 Å². The number of piperazine rings is 1. The first-order valence-electron chi connectivity index (χ1n) is 9.47. The zero-order chi connectivity index (χ0) is 18.1. The van der Waals surface area contributed by atoms with E-state index in [1.165, 1.54) is 11.1 Å². The molecule has 1 fully saturated rings. The van der Waals surface area contributed by atoms with Crippen LogP contribution in [0, 0.1) is 6.92 Å². The minimum atomic E-state index is 0.0615. The molecule has 5 heteroatoms. The number of ether oxygens (including phenoxy) is 1. The lowest BCUT2D eigenvalue weighted by Crippen LogP contribution is -2.52. The lowest BCUT2D eigenvalue weighted by atomic mass is 10.0. The first-order valence-corrected chi connectivity index (χ1v) is 9.47. The highest BCUT2D eigenvalue weighted by atomic mass is 16.5. The minimum Gasteiger partial charge on any atom is -0.385 e. The van der Waals surface area contributed by atoms with Crippen molar-refractivity contribution in [2.75, 3.05) is 46.4 Å². The molecule has 1 atom stereocenters. The van der Waals surface area contributed by atoms with Gasteiger partial charge < -0.3 is 15.0 Å². The number of hydrogen-bond acceptors (Lipinski definition) is 3. The number of unbranched alkanes of at least 4 members (excludes halogenated alkanes) is 1. The lowest BCUT2D eigenvalue weighted by Gasteiger charge is -2.35. The van der Waals surface area contributed by atoms with Crippen LogP contribution in [0.25, 0.3) is 0 Å². The molecule has 1 aromatic rings. The summed E-state index contributed by atoms with van der Waals surface area (Å²) in [5.74, 6) is 0. The van der Waals surface area contributed by atoms with Crippen molar-refractivity contribution in [1.82, 2.24) is 15.1 Å². The maximum Gasteiger partial charge on any atom is 0.317 e. The predicted molar refractivity (Wildman–Crippen MR) is 102 cm³/mol. The van der Waals surface area contributed by atoms with Crippen molar-refractivity contribution < 1.29 is 9.53 Å². The second kappa shape index (κ2) is 10.4. The minimum absolute atomic E-state index is 0.0615. The first-order chi connectivity index (χ1) is 12.1. The summed E-state index contributed by atoms with van der Waals surface area (Å²) < 4.78 is 5.09. The average Bonchev–Trinajstić information content (AvgIpc) is 2.64. The molecule has 1 N–H and O–H groups in total. The second-order valence-electron chi connectivity index (χ2n) is 6.85. The Morgan fingerprint density at radius 1 is 1.16 bits per heavy atom. The summed E-state index contributed by atoms with van der Waals surface area (Å²) in [5.41, 5.74) is 2.42. The van der Waals surface area contributed by atoms with E-state index in [1.54, 1.807) is 7.11 Å². The quantitative estimate of drug-likeness (QED) is 0.735. The van der Waals surface area contributed by atoms with Crippen LogP contribution in [0.4, 0.5) is 4.79 Å². The van der Waals surface area contributed by atoms with Crippen LogP contribution in [0.15, 0.2) is 24.3 Å². The van der Waals surface area contributed by atoms with E-state index >= 15 is 0 Å². The molecule has 140 valence electrons. The Morgan fingerprint density at radius 2 is 1.84 bits per heavy atom. The van der Waals surface area contributed by atoms with Gasteiger partial charge in [-0.2, -0.15) is 0 Å². The summed E-state index contributed by atoms with van der Waals surface area (Å²) in [6.07, 6.45) is 3.16. The van der Waals surface area contributed by atoms with Crippen molar-refractivity contribution in [2.45, 2.75) is 39.2 Å². The molecule has 0 spiro atoms. The van der Waals surface area contributed by atoms with E-state index in [0.717, 1.165) is 58.6 Å². The van der Waals surface area contributed by atoms with Gasteiger partial charge in [0.2, 0.25) is 0 Å². The maximum absolute atomic E-state index is 12.6. The van der Waals surface area contributed by atoms with Crippen LogP contribution >= 0.6 is 0 Å². The number of nitrogens with zero attached hydrogens (tertiary/aromatic N) is 2. The molecule has 0 unspecified atom stereocenters. The van der Waals surface area contributed by atoms with Gasteiger partial charge in [0.1, 0.15) is 0 Å². The van der Waals surface area contributed by atoms with Crippen molar-refractivity contribution in [3.05, 3.63) is 35.4 Å². The van der Waals surface area contributed by atoms with Gasteiger partial charge in [-0.05, 0) is 38.3 Å². The predicted octanol–water partition coefficient (Wildman–Crippen LogP) is 3.20. The van der Waals surface area contributed by atoms with Crippen molar-refractivity contribution in [1.29, 1.82) is 0 Å². The highest BCUT2D eigenvalue weighted by molar-refractivity contribution is 5.74. The third-order valence-corrected chi connectivity index (χ3v) is 4.92. The van der Waals surface area contributed by atoms with E-state index in [-0.39, 0.29) is 12.1 Å². The molecule has 1 aliphatic heterocycles. The van der Waals surface area contributed by atoms with E-state index in [2.05, 4.69) is 48.3 Å². The smallest absolute Gasteiger partial charge is 0.317 e. The summed E-state index contributed by atoms with van der Waals surface area (Å²) in [5, 5.41) is 3.20. The number of carbonyl (C=O) groups excluding carboxylic acids is 1. The number of amides is 2. The first kappa shape index (κ1) is 19.7. The summed E-state index contributed by atoms with van der Waals surface area (Å²) in [6, 6.07) is 8.58. The molecule has 0 bridgehead atoms. The molecule has 5 nitrogen and oxygen atoms in total. The number of rotatable bonds is 8. The molecule has 1 aliphatic rings. The van der Waals surface area contributed by atoms with Crippen LogP contribution < -0.4 is 5.32 Å². The van der Waals surface area contributed by atoms with Crippen molar-refractivity contribution in [3.8, 4) is 0 Å². The van der Waals surface area contributed by atoms with E-state index in [9.17, 15) is 4.79 Å². The van der Waals surface area contributed by atoms with Gasteiger partial charge in [-0.25, -0.2) is 4.79 Å². The normalized spacial score (nSPS) is 16.7. The Morgan fingerprint density at radius 3 is 2.44 bits per heavy atom. The zero-order valence-corrected chi connectivity index (χ0v) is 16.0. The highest BCUT2D eigenvalue weighted by Gasteiger charge is 2.22. The fourth-order valence-corrected chi connectivity index (χ4v) is 3.22. The Hall–Kier alpha value is -1.59. The largest absolute Gasteiger partial charge is 0.385 e. The van der Waals surface area contributed by atoms with Crippen molar-refractivity contribution >= 4 is 6.03 Å². The Balaban J connectivity index is 1.76. The van der Waals surface area contributed by atoms with E-state index < -0.39 is 0 Å². The summed E-state index contributed by atoms with van der Waals surface area (Å²) >= 11 is 0. The molecule has 1 saturated heterocycles. The second-order valence-corrected chi connectivity index (χ2v) is 6.85. The van der Waals surface area contributed by atoms with Gasteiger partial charge in [0, 0.05) is 39.9 Å². The fourth-order valence-electron chi connectivity index (χ4n) is 3.22. The van der Waals surface area contributed by atoms with Gasteiger partial charge in [0.05, 0.1) is 6.04 Å². The van der Waals surface area contributed by atoms with Crippen LogP contribution in [0.5, 0.6) is 0 Å². The van der Waals surface area contributed by atoms with Gasteiger partial charge in [0.25, 0.3) is 0 Å². The SMILES string of the molecule is CC[C@H](NC(=O)N1CCN(CCCCOC)CC1)c1ccc(C)cc1. The van der Waals surface area contributed by atoms with Crippen LogP contribution in [0.1, 0.15) is 43.4 Å². The van der Waals surface area contributed by atoms with E-state index in [1.807, 2.05) is 4.90 Å². The molecular weight excluding hydrogens is 314 g/mol. The van der Waals surface area contributed by atoms with Crippen LogP contribution in [-0.2, 0) is 4.74 Å². The van der Waals surface area contributed by atoms with Gasteiger partial charge in [-0.3, -0.25) is 4.90 Å². The van der Waals surface area contributed by atoms with Gasteiger partial charge >= 0.3 is 6.03 Å². The Labute approximate surface area is 152 Å². The van der Waals surface area contributed by atoms with E-state index in [0.29, 0.717) is 0 Å². The monoisotopic (exact) mass is 347 g/mol. The van der Waals surface area contributed by atoms with Crippen LogP contribution in [0.2, 0.25) is 0 Å². The van der Waals surface area contributed by atoms with Crippen LogP contribution in [-0.4, -0.2) is 62.3 Å². The summed E-state index contributed by atoms with van der Waals surface area (Å²) in [6.45, 7) is 9.66. The Kier molecular flexibility index (Phi) is 8.22. The molecule has 0 radical (unpaired) electrons. The molecule has 0 saturated carbocycles. The highest BCUT2D eigenvalue weighted by Crippen LogP contribution is 2.18. The number of aryl methyl sites for hydroxylation is 1. The molecular formula is C20H33N3O2. The van der Waals surface area contributed by atoms with Crippen molar-refractivity contribution in [3.63, 3.8) is 0 Å². The standard InChI is InChI=1S/C20H33N3O2/c1-4-19(18-9-7-17(2)8-10-18)21-20(24)23-14-12-22(13-15-23)11-5-6-16-25-3/h7-10,19H,4-6,11-16H2,1-3H3,(H,21,24)/t19-/m0/s1. The third kappa shape index (κ3) is 6.33. The number of nitrogens with one attached hydrogen (secondary N) is 1. The molecule has 0 aliphatic carbocycles. The van der Waals surface area contributed by atoms with Gasteiger partial charge in [-0.1, -0.05) is 36.8 Å². The molecule has 25 heavy (non-hydrogen) atoms. The number of carbonyl (C=O) groups is 1. The number of urea groups is 1. The van der Waals surface area contributed by atoms with Crippen LogP contribution in [0.3, 0.4) is 0 Å². The molecule has 1 heterocycles. The van der Waals surface area contributed by atoms with Gasteiger partial charge in [-0.15, -0.1) is 0 Å². The zero-order valence-electron chi connectivity index (χ0n) is 16.0. The average molecular weight is 348 g/mol.